The van der Waals surface area contributed by atoms with Gasteiger partial charge >= 0.3 is 0 Å². The van der Waals surface area contributed by atoms with E-state index in [1.807, 2.05) is 12.1 Å². The van der Waals surface area contributed by atoms with Gasteiger partial charge in [-0.3, -0.25) is 0 Å². The van der Waals surface area contributed by atoms with E-state index < -0.39 is 11.6 Å². The van der Waals surface area contributed by atoms with E-state index in [1.165, 1.54) is 0 Å². The maximum Gasteiger partial charge on any atom is 0.256 e. The minimum atomic E-state index is -0.867. The van der Waals surface area contributed by atoms with E-state index in [0.717, 1.165) is 17.5 Å². The number of nitrogens with zero attached hydrogens (tertiary/aromatic N) is 3. The number of aromatic nitrogens is 3. The summed E-state index contributed by atoms with van der Waals surface area (Å²) in [7, 11) is 0. The van der Waals surface area contributed by atoms with Crippen LogP contribution in [0, 0.1) is 11.6 Å². The van der Waals surface area contributed by atoms with E-state index in [2.05, 4.69) is 15.1 Å². The third-order valence-corrected chi connectivity index (χ3v) is 3.96. The van der Waals surface area contributed by atoms with E-state index in [-0.39, 0.29) is 5.88 Å². The summed E-state index contributed by atoms with van der Waals surface area (Å²) in [6.45, 7) is 0. The zero-order valence-electron chi connectivity index (χ0n) is 14.5. The predicted octanol–water partition coefficient (Wildman–Crippen LogP) is 4.38. The van der Waals surface area contributed by atoms with Crippen LogP contribution >= 0.6 is 0 Å². The molecule has 0 radical (unpaired) electrons. The van der Waals surface area contributed by atoms with Crippen LogP contribution in [0.1, 0.15) is 11.3 Å². The van der Waals surface area contributed by atoms with Gasteiger partial charge in [-0.05, 0) is 29.8 Å². The van der Waals surface area contributed by atoms with Gasteiger partial charge < -0.3 is 15.0 Å². The molecule has 0 atom stereocenters. The maximum absolute atomic E-state index is 13.6. The van der Waals surface area contributed by atoms with Gasteiger partial charge in [0.1, 0.15) is 17.4 Å². The number of benzene rings is 1. The molecule has 0 fully saturated rings. The third kappa shape index (κ3) is 3.80. The standard InChI is InChI=1S/C20H14F2N4O2/c21-13-9-17(22)20(25-11-13)27-15-5-3-12(4-6-15)8-14-10-18(28-26-14)16-2-1-7-24-19(16)23/h1-7,9-11H,8H2,(H2,23,24). The first-order chi connectivity index (χ1) is 13.6. The summed E-state index contributed by atoms with van der Waals surface area (Å²) in [5, 5.41) is 4.05. The molecule has 0 bridgehead atoms. The van der Waals surface area contributed by atoms with Crippen molar-refractivity contribution in [3.05, 3.63) is 83.8 Å². The Kier molecular flexibility index (Phi) is 4.67. The van der Waals surface area contributed by atoms with Gasteiger partial charge in [0.05, 0.1) is 17.5 Å². The summed E-state index contributed by atoms with van der Waals surface area (Å²) < 4.78 is 37.2. The van der Waals surface area contributed by atoms with E-state index >= 15 is 0 Å². The van der Waals surface area contributed by atoms with Crippen LogP contribution in [0.4, 0.5) is 14.6 Å². The topological polar surface area (TPSA) is 87.1 Å². The van der Waals surface area contributed by atoms with Gasteiger partial charge in [0.2, 0.25) is 0 Å². The molecule has 0 unspecified atom stereocenters. The number of nitrogen functional groups attached to an aromatic ring is 1. The van der Waals surface area contributed by atoms with Crippen LogP contribution in [0.15, 0.2) is 65.4 Å². The average molecular weight is 380 g/mol. The highest BCUT2D eigenvalue weighted by molar-refractivity contribution is 5.69. The largest absolute Gasteiger partial charge is 0.436 e. The zero-order chi connectivity index (χ0) is 19.5. The van der Waals surface area contributed by atoms with Gasteiger partial charge in [-0.15, -0.1) is 0 Å². The monoisotopic (exact) mass is 380 g/mol. The molecule has 0 aliphatic heterocycles. The normalized spacial score (nSPS) is 10.8. The quantitative estimate of drug-likeness (QED) is 0.553. The minimum Gasteiger partial charge on any atom is -0.436 e. The van der Waals surface area contributed by atoms with Crippen molar-refractivity contribution in [1.29, 1.82) is 0 Å². The first-order valence-electron chi connectivity index (χ1n) is 8.33. The molecule has 3 aromatic heterocycles. The van der Waals surface area contributed by atoms with Crippen LogP contribution in [0.5, 0.6) is 11.6 Å². The average Bonchev–Trinajstić information content (AvgIpc) is 3.14. The van der Waals surface area contributed by atoms with Crippen molar-refractivity contribution in [3.63, 3.8) is 0 Å². The molecule has 8 heteroatoms. The van der Waals surface area contributed by atoms with E-state index in [0.29, 0.717) is 35.4 Å². The molecule has 0 saturated heterocycles. The first kappa shape index (κ1) is 17.6. The molecule has 28 heavy (non-hydrogen) atoms. The lowest BCUT2D eigenvalue weighted by Crippen LogP contribution is -1.94. The minimum absolute atomic E-state index is 0.288. The van der Waals surface area contributed by atoms with Gasteiger partial charge in [0.15, 0.2) is 11.6 Å². The van der Waals surface area contributed by atoms with Gasteiger partial charge in [-0.25, -0.2) is 18.7 Å². The molecule has 0 aliphatic rings. The molecule has 0 amide bonds. The highest BCUT2D eigenvalue weighted by atomic mass is 19.1. The summed E-state index contributed by atoms with van der Waals surface area (Å²) in [5.41, 5.74) is 8.19. The van der Waals surface area contributed by atoms with Crippen LogP contribution in [0.2, 0.25) is 0 Å². The number of nitrogens with two attached hydrogens (primary N) is 1. The lowest BCUT2D eigenvalue weighted by Gasteiger charge is -2.06. The highest BCUT2D eigenvalue weighted by Gasteiger charge is 2.11. The predicted molar refractivity (Wildman–Crippen MR) is 97.6 cm³/mol. The second-order valence-corrected chi connectivity index (χ2v) is 5.98. The molecule has 2 N–H and O–H groups in total. The van der Waals surface area contributed by atoms with Crippen molar-refractivity contribution in [2.45, 2.75) is 6.42 Å². The third-order valence-electron chi connectivity index (χ3n) is 3.96. The summed E-state index contributed by atoms with van der Waals surface area (Å²) in [5.74, 6) is -0.629. The van der Waals surface area contributed by atoms with Gasteiger partial charge in [0.25, 0.3) is 5.88 Å². The molecule has 4 rings (SSSR count). The van der Waals surface area contributed by atoms with Crippen LogP contribution in [0.25, 0.3) is 11.3 Å². The highest BCUT2D eigenvalue weighted by Crippen LogP contribution is 2.26. The zero-order valence-corrected chi connectivity index (χ0v) is 14.5. The number of halogens is 2. The van der Waals surface area contributed by atoms with Crippen molar-refractivity contribution in [3.8, 4) is 23.0 Å². The van der Waals surface area contributed by atoms with Crippen molar-refractivity contribution >= 4 is 5.82 Å². The van der Waals surface area contributed by atoms with Crippen molar-refractivity contribution in [2.24, 2.45) is 0 Å². The number of hydrogen-bond acceptors (Lipinski definition) is 6. The number of ether oxygens (including phenoxy) is 1. The summed E-state index contributed by atoms with van der Waals surface area (Å²) in [4.78, 5) is 7.62. The Hall–Kier alpha value is -3.81. The number of hydrogen-bond donors (Lipinski definition) is 1. The molecule has 4 aromatic rings. The molecular weight excluding hydrogens is 366 g/mol. The lowest BCUT2D eigenvalue weighted by atomic mass is 10.1. The van der Waals surface area contributed by atoms with Gasteiger partial charge in [-0.1, -0.05) is 17.3 Å². The van der Waals surface area contributed by atoms with E-state index in [1.54, 1.807) is 36.5 Å². The summed E-state index contributed by atoms with van der Waals surface area (Å²) >= 11 is 0. The Balaban J connectivity index is 1.46. The molecule has 0 saturated carbocycles. The molecule has 0 aliphatic carbocycles. The molecule has 6 nitrogen and oxygen atoms in total. The lowest BCUT2D eigenvalue weighted by molar-refractivity contribution is 0.416. The van der Waals surface area contributed by atoms with E-state index in [9.17, 15) is 8.78 Å². The van der Waals surface area contributed by atoms with Gasteiger partial charge in [0, 0.05) is 24.8 Å². The van der Waals surface area contributed by atoms with Crippen LogP contribution in [-0.4, -0.2) is 15.1 Å². The number of anilines is 1. The summed E-state index contributed by atoms with van der Waals surface area (Å²) in [6.07, 6.45) is 3.02. The molecular formula is C20H14F2N4O2. The summed E-state index contributed by atoms with van der Waals surface area (Å²) in [6, 6.07) is 13.0. The first-order valence-corrected chi connectivity index (χ1v) is 8.33. The molecule has 1 aromatic carbocycles. The second kappa shape index (κ2) is 7.43. The fraction of sp³-hybridized carbons (Fsp3) is 0.0500. The second-order valence-electron chi connectivity index (χ2n) is 5.98. The Morgan fingerprint density at radius 1 is 1.04 bits per heavy atom. The molecule has 3 heterocycles. The number of rotatable bonds is 5. The SMILES string of the molecule is Nc1ncccc1-c1cc(Cc2ccc(Oc3ncc(F)cc3F)cc2)no1. The fourth-order valence-corrected chi connectivity index (χ4v) is 2.62. The molecule has 140 valence electrons. The van der Waals surface area contributed by atoms with Gasteiger partial charge in [-0.2, -0.15) is 0 Å². The maximum atomic E-state index is 13.6. The smallest absolute Gasteiger partial charge is 0.256 e. The van der Waals surface area contributed by atoms with Crippen LogP contribution < -0.4 is 10.5 Å². The van der Waals surface area contributed by atoms with Crippen molar-refractivity contribution in [2.75, 3.05) is 5.73 Å². The van der Waals surface area contributed by atoms with Crippen LogP contribution in [0.3, 0.4) is 0 Å². The Morgan fingerprint density at radius 3 is 2.61 bits per heavy atom. The van der Waals surface area contributed by atoms with Crippen LogP contribution in [-0.2, 0) is 6.42 Å². The van der Waals surface area contributed by atoms with E-state index in [4.69, 9.17) is 15.0 Å². The Bertz CT molecular complexity index is 1110. The number of pyridine rings is 2. The Labute approximate surface area is 158 Å². The molecule has 0 spiro atoms. The Morgan fingerprint density at radius 2 is 1.86 bits per heavy atom. The van der Waals surface area contributed by atoms with Crippen molar-refractivity contribution in [1.82, 2.24) is 15.1 Å². The fourth-order valence-electron chi connectivity index (χ4n) is 2.62. The van der Waals surface area contributed by atoms with Crippen molar-refractivity contribution < 1.29 is 18.0 Å².